The van der Waals surface area contributed by atoms with E-state index < -0.39 is 5.92 Å². The Morgan fingerprint density at radius 2 is 2.04 bits per heavy atom. The minimum Gasteiger partial charge on any atom is -0.337 e. The van der Waals surface area contributed by atoms with Gasteiger partial charge in [-0.2, -0.15) is 4.98 Å². The highest BCUT2D eigenvalue weighted by molar-refractivity contribution is 5.96. The Balaban J connectivity index is 1.60. The fraction of sp³-hybridized carbons (Fsp3) is 0.444. The average molecular weight is 359 g/mol. The number of benzene rings is 1. The molecule has 0 spiro atoms. The van der Waals surface area contributed by atoms with Gasteiger partial charge in [0.1, 0.15) is 11.6 Å². The quantitative estimate of drug-likeness (QED) is 0.875. The summed E-state index contributed by atoms with van der Waals surface area (Å²) in [6, 6.07) is 6.10. The zero-order valence-corrected chi connectivity index (χ0v) is 15.0. The van der Waals surface area contributed by atoms with Crippen molar-refractivity contribution >= 4 is 17.8 Å². The molecule has 1 aromatic carbocycles. The summed E-state index contributed by atoms with van der Waals surface area (Å²) >= 11 is 0. The maximum atomic E-state index is 12.9. The largest absolute Gasteiger partial charge is 0.337 e. The van der Waals surface area contributed by atoms with Gasteiger partial charge in [-0.1, -0.05) is 12.1 Å². The van der Waals surface area contributed by atoms with Crippen LogP contribution in [0.1, 0.15) is 38.6 Å². The highest BCUT2D eigenvalue weighted by Gasteiger charge is 2.39. The zero-order valence-electron chi connectivity index (χ0n) is 15.0. The minimum absolute atomic E-state index is 0.0235. The summed E-state index contributed by atoms with van der Waals surface area (Å²) in [5.74, 6) is -0.267. The van der Waals surface area contributed by atoms with Gasteiger partial charge in [0.2, 0.25) is 17.8 Å². The predicted molar refractivity (Wildman–Crippen MR) is 93.8 cm³/mol. The van der Waals surface area contributed by atoms with Gasteiger partial charge in [0.25, 0.3) is 0 Å². The molecule has 138 valence electrons. The van der Waals surface area contributed by atoms with Crippen LogP contribution in [0.2, 0.25) is 0 Å². The summed E-state index contributed by atoms with van der Waals surface area (Å²) in [4.78, 5) is 30.5. The Morgan fingerprint density at radius 1 is 1.35 bits per heavy atom. The number of nitrogens with one attached hydrogen (secondary N) is 2. The van der Waals surface area contributed by atoms with Crippen molar-refractivity contribution in [1.82, 2.24) is 20.1 Å². The van der Waals surface area contributed by atoms with Crippen molar-refractivity contribution in [2.24, 2.45) is 5.92 Å². The Kier molecular flexibility index (Phi) is 4.76. The number of H-pyrrole nitrogens is 1. The van der Waals surface area contributed by atoms with Crippen molar-refractivity contribution in [3.05, 3.63) is 41.5 Å². The SMILES string of the molecule is CC(C)(C)N1C[C@@H](C(=O)Nc2n[nH]c(Cc3ccc(F)cc3)n2)CC1=O. The molecule has 2 aromatic rings. The van der Waals surface area contributed by atoms with Crippen LogP contribution >= 0.6 is 0 Å². The Labute approximate surface area is 151 Å². The maximum absolute atomic E-state index is 12.9. The van der Waals surface area contributed by atoms with E-state index in [-0.39, 0.29) is 35.5 Å². The number of hydrogen-bond donors (Lipinski definition) is 2. The summed E-state index contributed by atoms with van der Waals surface area (Å²) in [6.45, 7) is 6.23. The number of rotatable bonds is 4. The molecule has 8 heteroatoms. The van der Waals surface area contributed by atoms with Crippen LogP contribution in [-0.2, 0) is 16.0 Å². The van der Waals surface area contributed by atoms with E-state index in [0.717, 1.165) is 5.56 Å². The molecule has 3 rings (SSSR count). The number of hydrogen-bond acceptors (Lipinski definition) is 4. The second-order valence-electron chi connectivity index (χ2n) is 7.47. The number of halogens is 1. The molecular weight excluding hydrogens is 337 g/mol. The van der Waals surface area contributed by atoms with Gasteiger partial charge < -0.3 is 4.90 Å². The molecule has 2 N–H and O–H groups in total. The Hall–Kier alpha value is -2.77. The van der Waals surface area contributed by atoms with Crippen LogP contribution < -0.4 is 5.32 Å². The number of aromatic nitrogens is 3. The van der Waals surface area contributed by atoms with Crippen LogP contribution in [0.15, 0.2) is 24.3 Å². The zero-order chi connectivity index (χ0) is 18.9. The lowest BCUT2D eigenvalue weighted by atomic mass is 10.1. The van der Waals surface area contributed by atoms with E-state index in [1.807, 2.05) is 20.8 Å². The summed E-state index contributed by atoms with van der Waals surface area (Å²) in [5.41, 5.74) is 0.571. The first kappa shape index (κ1) is 18.0. The first-order chi connectivity index (χ1) is 12.2. The number of aromatic amines is 1. The van der Waals surface area contributed by atoms with Gasteiger partial charge >= 0.3 is 0 Å². The molecule has 1 aliphatic heterocycles. The minimum atomic E-state index is -0.416. The van der Waals surface area contributed by atoms with Crippen LogP contribution in [0.4, 0.5) is 10.3 Å². The van der Waals surface area contributed by atoms with Crippen molar-refractivity contribution in [3.63, 3.8) is 0 Å². The third-order valence-corrected chi connectivity index (χ3v) is 4.36. The second kappa shape index (κ2) is 6.86. The van der Waals surface area contributed by atoms with E-state index >= 15 is 0 Å². The van der Waals surface area contributed by atoms with Crippen LogP contribution in [0.5, 0.6) is 0 Å². The maximum Gasteiger partial charge on any atom is 0.248 e. The van der Waals surface area contributed by atoms with Gasteiger partial charge in [0, 0.05) is 24.9 Å². The first-order valence-corrected chi connectivity index (χ1v) is 8.49. The van der Waals surface area contributed by atoms with Gasteiger partial charge in [-0.05, 0) is 38.5 Å². The van der Waals surface area contributed by atoms with Gasteiger partial charge in [0.15, 0.2) is 0 Å². The van der Waals surface area contributed by atoms with Crippen molar-refractivity contribution in [2.75, 3.05) is 11.9 Å². The normalized spacial score (nSPS) is 17.6. The molecule has 1 atom stereocenters. The van der Waals surface area contributed by atoms with E-state index in [9.17, 15) is 14.0 Å². The molecular formula is C18H22FN5O2. The van der Waals surface area contributed by atoms with Crippen LogP contribution in [0, 0.1) is 11.7 Å². The molecule has 0 unspecified atom stereocenters. The average Bonchev–Trinajstić information content (AvgIpc) is 3.16. The van der Waals surface area contributed by atoms with Gasteiger partial charge in [-0.25, -0.2) is 4.39 Å². The highest BCUT2D eigenvalue weighted by atomic mass is 19.1. The van der Waals surface area contributed by atoms with Gasteiger partial charge in [-0.15, -0.1) is 5.10 Å². The number of carbonyl (C=O) groups excluding carboxylic acids is 2. The molecule has 1 aromatic heterocycles. The number of anilines is 1. The van der Waals surface area contributed by atoms with E-state index in [1.54, 1.807) is 17.0 Å². The molecule has 0 saturated carbocycles. The van der Waals surface area contributed by atoms with Crippen LogP contribution in [0.3, 0.4) is 0 Å². The fourth-order valence-corrected chi connectivity index (χ4v) is 2.97. The smallest absolute Gasteiger partial charge is 0.248 e. The Bertz CT molecular complexity index is 810. The topological polar surface area (TPSA) is 91.0 Å². The van der Waals surface area contributed by atoms with E-state index in [0.29, 0.717) is 18.8 Å². The molecule has 1 aliphatic rings. The lowest BCUT2D eigenvalue weighted by Crippen LogP contribution is -2.42. The fourth-order valence-electron chi connectivity index (χ4n) is 2.97. The van der Waals surface area contributed by atoms with Crippen LogP contribution in [0.25, 0.3) is 0 Å². The standard InChI is InChI=1S/C18H22FN5O2/c1-18(2,3)24-10-12(9-15(24)25)16(26)21-17-20-14(22-23-17)8-11-4-6-13(19)7-5-11/h4-7,12H,8-10H2,1-3H3,(H2,20,21,22,23,26)/t12-/m0/s1. The summed E-state index contributed by atoms with van der Waals surface area (Å²) in [5, 5.41) is 9.41. The second-order valence-corrected chi connectivity index (χ2v) is 7.47. The number of nitrogens with zero attached hydrogens (tertiary/aromatic N) is 3. The third kappa shape index (κ3) is 4.07. The Morgan fingerprint density at radius 3 is 2.65 bits per heavy atom. The third-order valence-electron chi connectivity index (χ3n) is 4.36. The van der Waals surface area contributed by atoms with Crippen LogP contribution in [-0.4, -0.2) is 44.0 Å². The predicted octanol–water partition coefficient (Wildman–Crippen LogP) is 2.12. The first-order valence-electron chi connectivity index (χ1n) is 8.49. The van der Waals surface area contributed by atoms with Gasteiger partial charge in [-0.3, -0.25) is 20.0 Å². The lowest BCUT2D eigenvalue weighted by Gasteiger charge is -2.31. The number of amides is 2. The molecule has 2 amide bonds. The van der Waals surface area contributed by atoms with Crippen molar-refractivity contribution in [3.8, 4) is 0 Å². The van der Waals surface area contributed by atoms with E-state index in [2.05, 4.69) is 20.5 Å². The molecule has 1 fully saturated rings. The lowest BCUT2D eigenvalue weighted by molar-refractivity contribution is -0.131. The summed E-state index contributed by atoms with van der Waals surface area (Å²) in [6.07, 6.45) is 0.638. The molecule has 26 heavy (non-hydrogen) atoms. The van der Waals surface area contributed by atoms with E-state index in [1.165, 1.54) is 12.1 Å². The molecule has 1 saturated heterocycles. The van der Waals surface area contributed by atoms with E-state index in [4.69, 9.17) is 0 Å². The molecule has 2 heterocycles. The monoisotopic (exact) mass is 359 g/mol. The summed E-state index contributed by atoms with van der Waals surface area (Å²) < 4.78 is 12.9. The molecule has 0 radical (unpaired) electrons. The van der Waals surface area contributed by atoms with Crippen molar-refractivity contribution in [2.45, 2.75) is 39.2 Å². The van der Waals surface area contributed by atoms with Crippen molar-refractivity contribution < 1.29 is 14.0 Å². The van der Waals surface area contributed by atoms with Gasteiger partial charge in [0.05, 0.1) is 5.92 Å². The number of likely N-dealkylation sites (tertiary alicyclic amines) is 1. The number of carbonyl (C=O) groups is 2. The highest BCUT2D eigenvalue weighted by Crippen LogP contribution is 2.26. The molecule has 0 bridgehead atoms. The molecule has 0 aliphatic carbocycles. The summed E-state index contributed by atoms with van der Waals surface area (Å²) in [7, 11) is 0. The van der Waals surface area contributed by atoms with Crippen molar-refractivity contribution in [1.29, 1.82) is 0 Å². The molecule has 7 nitrogen and oxygen atoms in total.